The van der Waals surface area contributed by atoms with Crippen molar-refractivity contribution in [2.45, 2.75) is 23.6 Å². The molecule has 1 saturated heterocycles. The van der Waals surface area contributed by atoms with E-state index in [-0.39, 0.29) is 18.4 Å². The van der Waals surface area contributed by atoms with Crippen LogP contribution in [0.2, 0.25) is 0 Å². The summed E-state index contributed by atoms with van der Waals surface area (Å²) in [5, 5.41) is 1.47. The van der Waals surface area contributed by atoms with Crippen LogP contribution < -0.4 is 0 Å². The second-order valence-electron chi connectivity index (χ2n) is 5.11. The van der Waals surface area contributed by atoms with Crippen LogP contribution >= 0.6 is 11.8 Å². The second kappa shape index (κ2) is 7.27. The molecule has 0 radical (unpaired) electrons. The topological polar surface area (TPSA) is 76.6 Å². The number of nitrogens with zero attached hydrogens (tertiary/aromatic N) is 2. The molecule has 2 aromatic rings. The first-order valence-electron chi connectivity index (χ1n) is 7.34. The van der Waals surface area contributed by atoms with E-state index in [2.05, 4.69) is 4.98 Å². The number of hydrogen-bond acceptors (Lipinski definition) is 6. The number of rotatable bonds is 5. The zero-order valence-corrected chi connectivity index (χ0v) is 13.5. The van der Waals surface area contributed by atoms with Crippen molar-refractivity contribution >= 4 is 29.5 Å². The molecule has 0 atom stereocenters. The third kappa shape index (κ3) is 3.80. The highest BCUT2D eigenvalue weighted by molar-refractivity contribution is 7.98. The molecule has 122 valence electrons. The van der Waals surface area contributed by atoms with E-state index in [9.17, 15) is 14.4 Å². The number of thioether (sulfide) groups is 1. The Balaban J connectivity index is 1.58. The summed E-state index contributed by atoms with van der Waals surface area (Å²) in [6.45, 7) is 0. The molecule has 1 fully saturated rings. The lowest BCUT2D eigenvalue weighted by molar-refractivity contribution is -0.172. The van der Waals surface area contributed by atoms with Crippen LogP contribution in [0.5, 0.6) is 0 Å². The van der Waals surface area contributed by atoms with E-state index in [1.165, 1.54) is 0 Å². The van der Waals surface area contributed by atoms with E-state index in [1.54, 1.807) is 42.2 Å². The molecule has 1 aromatic carbocycles. The summed E-state index contributed by atoms with van der Waals surface area (Å²) in [6, 6.07) is 12.6. The van der Waals surface area contributed by atoms with E-state index < -0.39 is 17.8 Å². The third-order valence-corrected chi connectivity index (χ3v) is 4.41. The lowest BCUT2D eigenvalue weighted by Gasteiger charge is -2.12. The van der Waals surface area contributed by atoms with Crippen LogP contribution in [0.3, 0.4) is 0 Å². The molecular formula is C17H14N2O4S. The van der Waals surface area contributed by atoms with Crippen LogP contribution in [0, 0.1) is 0 Å². The zero-order chi connectivity index (χ0) is 16.9. The first-order valence-corrected chi connectivity index (χ1v) is 8.33. The molecule has 2 heterocycles. The molecule has 0 saturated carbocycles. The average Bonchev–Trinajstić information content (AvgIpc) is 2.93. The van der Waals surface area contributed by atoms with Gasteiger partial charge in [-0.05, 0) is 29.8 Å². The van der Waals surface area contributed by atoms with Crippen molar-refractivity contribution in [2.75, 3.05) is 0 Å². The smallest absolute Gasteiger partial charge is 0.325 e. The average molecular weight is 342 g/mol. The normalized spacial score (nSPS) is 14.1. The number of carbonyl (C=O) groups is 3. The highest BCUT2D eigenvalue weighted by Gasteiger charge is 2.33. The molecule has 0 aliphatic carbocycles. The fourth-order valence-electron chi connectivity index (χ4n) is 2.12. The van der Waals surface area contributed by atoms with Crippen LogP contribution in [0.25, 0.3) is 0 Å². The Morgan fingerprint density at radius 1 is 1.08 bits per heavy atom. The van der Waals surface area contributed by atoms with Crippen LogP contribution in [-0.2, 0) is 20.2 Å². The Bertz CT molecular complexity index is 746. The number of pyridine rings is 1. The van der Waals surface area contributed by atoms with Crippen molar-refractivity contribution in [1.82, 2.24) is 10.0 Å². The van der Waals surface area contributed by atoms with Crippen molar-refractivity contribution in [3.05, 3.63) is 59.8 Å². The van der Waals surface area contributed by atoms with Crippen molar-refractivity contribution < 1.29 is 19.2 Å². The molecule has 0 bridgehead atoms. The monoisotopic (exact) mass is 342 g/mol. The van der Waals surface area contributed by atoms with E-state index >= 15 is 0 Å². The SMILES string of the molecule is O=C(ON1C(=O)CCC1=O)c1ccc(CSc2ccccn2)cc1. The van der Waals surface area contributed by atoms with E-state index in [0.29, 0.717) is 5.06 Å². The summed E-state index contributed by atoms with van der Waals surface area (Å²) in [4.78, 5) is 44.0. The van der Waals surface area contributed by atoms with Gasteiger partial charge < -0.3 is 4.84 Å². The van der Waals surface area contributed by atoms with E-state index in [0.717, 1.165) is 16.3 Å². The molecular weight excluding hydrogens is 328 g/mol. The minimum atomic E-state index is -0.720. The Morgan fingerprint density at radius 2 is 1.79 bits per heavy atom. The zero-order valence-electron chi connectivity index (χ0n) is 12.7. The van der Waals surface area contributed by atoms with Crippen molar-refractivity contribution in [3.63, 3.8) is 0 Å². The molecule has 1 aliphatic heterocycles. The number of benzene rings is 1. The van der Waals surface area contributed by atoms with Gasteiger partial charge in [-0.1, -0.05) is 18.2 Å². The molecule has 6 nitrogen and oxygen atoms in total. The van der Waals surface area contributed by atoms with Gasteiger partial charge in [0.05, 0.1) is 10.6 Å². The predicted molar refractivity (Wildman–Crippen MR) is 86.7 cm³/mol. The molecule has 24 heavy (non-hydrogen) atoms. The number of hydroxylamine groups is 2. The van der Waals surface area contributed by atoms with Gasteiger partial charge in [-0.2, -0.15) is 0 Å². The minimum Gasteiger partial charge on any atom is -0.325 e. The first-order chi connectivity index (χ1) is 11.6. The summed E-state index contributed by atoms with van der Waals surface area (Å²) in [7, 11) is 0. The van der Waals surface area contributed by atoms with Crippen molar-refractivity contribution in [3.8, 4) is 0 Å². The van der Waals surface area contributed by atoms with Gasteiger partial charge in [-0.25, -0.2) is 9.78 Å². The molecule has 3 rings (SSSR count). The molecule has 1 aromatic heterocycles. The highest BCUT2D eigenvalue weighted by Crippen LogP contribution is 2.21. The standard InChI is InChI=1S/C17H14N2O4S/c20-15-8-9-16(21)19(15)23-17(22)13-6-4-12(5-7-13)11-24-14-3-1-2-10-18-14/h1-7,10H,8-9,11H2. The molecule has 7 heteroatoms. The summed E-state index contributed by atoms with van der Waals surface area (Å²) < 4.78 is 0. The van der Waals surface area contributed by atoms with Gasteiger partial charge in [0.25, 0.3) is 11.8 Å². The van der Waals surface area contributed by atoms with Gasteiger partial charge >= 0.3 is 5.97 Å². The van der Waals surface area contributed by atoms with Crippen LogP contribution in [0.1, 0.15) is 28.8 Å². The number of amides is 2. The molecule has 0 unspecified atom stereocenters. The van der Waals surface area contributed by atoms with Crippen LogP contribution in [0.15, 0.2) is 53.7 Å². The molecule has 1 aliphatic rings. The first kappa shape index (κ1) is 16.2. The Morgan fingerprint density at radius 3 is 2.42 bits per heavy atom. The Hall–Kier alpha value is -2.67. The van der Waals surface area contributed by atoms with Gasteiger partial charge in [0.15, 0.2) is 0 Å². The van der Waals surface area contributed by atoms with Crippen molar-refractivity contribution in [1.29, 1.82) is 0 Å². The summed E-state index contributed by atoms with van der Waals surface area (Å²) >= 11 is 1.59. The van der Waals surface area contributed by atoms with Crippen molar-refractivity contribution in [2.24, 2.45) is 0 Å². The quantitative estimate of drug-likeness (QED) is 0.614. The predicted octanol–water partition coefficient (Wildman–Crippen LogP) is 2.59. The van der Waals surface area contributed by atoms with Gasteiger partial charge in [0, 0.05) is 24.8 Å². The fourth-order valence-corrected chi connectivity index (χ4v) is 2.94. The van der Waals surface area contributed by atoms with Gasteiger partial charge in [0.1, 0.15) is 0 Å². The fraction of sp³-hybridized carbons (Fsp3) is 0.176. The second-order valence-corrected chi connectivity index (χ2v) is 6.11. The van der Waals surface area contributed by atoms with Gasteiger partial charge in [-0.15, -0.1) is 16.8 Å². The minimum absolute atomic E-state index is 0.0792. The maximum atomic E-state index is 12.0. The lowest BCUT2D eigenvalue weighted by Crippen LogP contribution is -2.32. The molecule has 0 spiro atoms. The maximum Gasteiger partial charge on any atom is 0.363 e. The lowest BCUT2D eigenvalue weighted by atomic mass is 10.1. The Kier molecular flexibility index (Phi) is 4.90. The summed E-state index contributed by atoms with van der Waals surface area (Å²) in [5.74, 6) is -0.980. The third-order valence-electron chi connectivity index (χ3n) is 3.39. The Labute approximate surface area is 142 Å². The largest absolute Gasteiger partial charge is 0.363 e. The van der Waals surface area contributed by atoms with E-state index in [4.69, 9.17) is 4.84 Å². The van der Waals surface area contributed by atoms with Gasteiger partial charge in [0.2, 0.25) is 0 Å². The summed E-state index contributed by atoms with van der Waals surface area (Å²) in [6.07, 6.45) is 1.90. The summed E-state index contributed by atoms with van der Waals surface area (Å²) in [5.41, 5.74) is 1.31. The number of hydrogen-bond donors (Lipinski definition) is 0. The number of aromatic nitrogens is 1. The maximum absolute atomic E-state index is 12.0. The van der Waals surface area contributed by atoms with Gasteiger partial charge in [-0.3, -0.25) is 9.59 Å². The van der Waals surface area contributed by atoms with Crippen LogP contribution in [0.4, 0.5) is 0 Å². The van der Waals surface area contributed by atoms with E-state index in [1.807, 2.05) is 18.2 Å². The molecule has 2 amide bonds. The highest BCUT2D eigenvalue weighted by atomic mass is 32.2. The number of imide groups is 1. The molecule has 0 N–H and O–H groups in total. The van der Waals surface area contributed by atoms with Crippen LogP contribution in [-0.4, -0.2) is 27.8 Å². The number of carbonyl (C=O) groups excluding carboxylic acids is 3.